The lowest BCUT2D eigenvalue weighted by Crippen LogP contribution is -2.48. The molecule has 2 amide bonds. The van der Waals surface area contributed by atoms with E-state index in [1.165, 1.54) is 30.6 Å². The second kappa shape index (κ2) is 7.66. The maximum absolute atomic E-state index is 12.3. The number of nitrogens with one attached hydrogen (secondary N) is 1. The molecular weight excluding hydrogens is 268 g/mol. The van der Waals surface area contributed by atoms with Crippen molar-refractivity contribution >= 4 is 12.0 Å². The molecule has 2 saturated carbocycles. The van der Waals surface area contributed by atoms with E-state index in [1.54, 1.807) is 0 Å². The van der Waals surface area contributed by atoms with E-state index in [0.717, 1.165) is 31.6 Å². The van der Waals surface area contributed by atoms with Gasteiger partial charge in [-0.25, -0.2) is 4.79 Å². The van der Waals surface area contributed by atoms with Gasteiger partial charge in [0.05, 0.1) is 0 Å². The second-order valence-corrected chi connectivity index (χ2v) is 6.67. The van der Waals surface area contributed by atoms with Gasteiger partial charge >= 0.3 is 12.0 Å². The van der Waals surface area contributed by atoms with Gasteiger partial charge in [-0.2, -0.15) is 0 Å². The Labute approximate surface area is 127 Å². The van der Waals surface area contributed by atoms with Crippen LogP contribution in [-0.4, -0.2) is 41.1 Å². The van der Waals surface area contributed by atoms with Gasteiger partial charge in [-0.3, -0.25) is 4.79 Å². The van der Waals surface area contributed by atoms with Gasteiger partial charge in [0.15, 0.2) is 0 Å². The Bertz CT molecular complexity index is 361. The van der Waals surface area contributed by atoms with Gasteiger partial charge in [-0.05, 0) is 50.4 Å². The molecule has 0 aromatic carbocycles. The smallest absolute Gasteiger partial charge is 0.323 e. The zero-order chi connectivity index (χ0) is 15.2. The number of nitrogens with zero attached hydrogens (tertiary/aromatic N) is 1. The summed E-state index contributed by atoms with van der Waals surface area (Å²) in [6.45, 7) is 2.62. The monoisotopic (exact) mass is 296 g/mol. The number of rotatable bonds is 7. The number of hydrogen-bond acceptors (Lipinski definition) is 2. The first kappa shape index (κ1) is 16.1. The summed E-state index contributed by atoms with van der Waals surface area (Å²) in [5.41, 5.74) is 0. The fourth-order valence-electron chi connectivity index (χ4n) is 3.26. The molecule has 0 spiro atoms. The van der Waals surface area contributed by atoms with Gasteiger partial charge in [-0.15, -0.1) is 0 Å². The van der Waals surface area contributed by atoms with E-state index in [4.69, 9.17) is 5.11 Å². The van der Waals surface area contributed by atoms with Crippen LogP contribution in [0.5, 0.6) is 0 Å². The van der Waals surface area contributed by atoms with Crippen molar-refractivity contribution in [3.05, 3.63) is 0 Å². The van der Waals surface area contributed by atoms with Crippen molar-refractivity contribution in [2.24, 2.45) is 11.8 Å². The molecule has 0 heterocycles. The molecule has 2 aliphatic carbocycles. The van der Waals surface area contributed by atoms with Crippen molar-refractivity contribution < 1.29 is 14.7 Å². The highest BCUT2D eigenvalue weighted by atomic mass is 16.4. The number of aliphatic carboxylic acids is 1. The predicted octanol–water partition coefficient (Wildman–Crippen LogP) is 2.85. The average Bonchev–Trinajstić information content (AvgIpc) is 3.24. The maximum atomic E-state index is 12.3. The van der Waals surface area contributed by atoms with Crippen LogP contribution >= 0.6 is 0 Å². The number of hydrogen-bond donors (Lipinski definition) is 2. The number of carbonyl (C=O) groups is 2. The van der Waals surface area contributed by atoms with Crippen molar-refractivity contribution in [3.8, 4) is 0 Å². The van der Waals surface area contributed by atoms with Gasteiger partial charge in [-0.1, -0.05) is 19.8 Å². The largest absolute Gasteiger partial charge is 0.480 e. The minimum atomic E-state index is -0.933. The summed E-state index contributed by atoms with van der Waals surface area (Å²) in [6, 6.07) is 0.0318. The van der Waals surface area contributed by atoms with Crippen LogP contribution in [0.1, 0.15) is 58.3 Å². The number of urea groups is 1. The van der Waals surface area contributed by atoms with Gasteiger partial charge in [0.25, 0.3) is 0 Å². The van der Waals surface area contributed by atoms with Crippen LogP contribution in [-0.2, 0) is 4.79 Å². The molecule has 0 bridgehead atoms. The molecule has 21 heavy (non-hydrogen) atoms. The molecule has 5 heteroatoms. The summed E-state index contributed by atoms with van der Waals surface area (Å²) in [4.78, 5) is 24.6. The van der Waals surface area contributed by atoms with Crippen LogP contribution in [0.2, 0.25) is 0 Å². The molecule has 5 nitrogen and oxygen atoms in total. The zero-order valence-electron chi connectivity index (χ0n) is 13.0. The molecule has 0 radical (unpaired) electrons. The minimum absolute atomic E-state index is 0.187. The molecule has 0 saturated heterocycles. The third-order valence-electron chi connectivity index (χ3n) is 4.66. The fraction of sp³-hybridized carbons (Fsp3) is 0.875. The second-order valence-electron chi connectivity index (χ2n) is 6.67. The maximum Gasteiger partial charge on any atom is 0.323 e. The van der Waals surface area contributed by atoms with Crippen LogP contribution in [0.3, 0.4) is 0 Å². The van der Waals surface area contributed by atoms with Gasteiger partial charge in [0, 0.05) is 12.6 Å². The van der Waals surface area contributed by atoms with E-state index in [9.17, 15) is 9.59 Å². The Morgan fingerprint density at radius 3 is 2.24 bits per heavy atom. The quantitative estimate of drug-likeness (QED) is 0.759. The molecule has 0 aromatic heterocycles. The number of carboxylic acid groups (broad SMARTS) is 1. The highest BCUT2D eigenvalue weighted by Crippen LogP contribution is 2.30. The summed E-state index contributed by atoms with van der Waals surface area (Å²) < 4.78 is 0. The number of amides is 2. The Balaban J connectivity index is 1.77. The van der Waals surface area contributed by atoms with Gasteiger partial charge in [0.2, 0.25) is 0 Å². The SMILES string of the molecule is CCCC1CCC(NC(=O)N(CC(=O)O)CC2CC2)CC1. The van der Waals surface area contributed by atoms with Crippen molar-refractivity contribution in [2.75, 3.05) is 13.1 Å². The van der Waals surface area contributed by atoms with Gasteiger partial charge in [0.1, 0.15) is 6.54 Å². The van der Waals surface area contributed by atoms with Crippen molar-refractivity contribution in [3.63, 3.8) is 0 Å². The van der Waals surface area contributed by atoms with Crippen molar-refractivity contribution in [1.82, 2.24) is 10.2 Å². The third-order valence-corrected chi connectivity index (χ3v) is 4.66. The highest BCUT2D eigenvalue weighted by molar-refractivity contribution is 5.80. The van der Waals surface area contributed by atoms with E-state index >= 15 is 0 Å². The van der Waals surface area contributed by atoms with Gasteiger partial charge < -0.3 is 15.3 Å². The molecule has 120 valence electrons. The average molecular weight is 296 g/mol. The van der Waals surface area contributed by atoms with Crippen molar-refractivity contribution in [2.45, 2.75) is 64.3 Å². The molecule has 0 atom stereocenters. The normalized spacial score (nSPS) is 25.4. The summed E-state index contributed by atoms with van der Waals surface area (Å²) in [6.07, 6.45) is 9.17. The fourth-order valence-corrected chi connectivity index (χ4v) is 3.26. The molecule has 2 aliphatic rings. The van der Waals surface area contributed by atoms with E-state index in [-0.39, 0.29) is 18.6 Å². The van der Waals surface area contributed by atoms with Crippen molar-refractivity contribution in [1.29, 1.82) is 0 Å². The Hall–Kier alpha value is -1.26. The standard InChI is InChI=1S/C16H28N2O3/c1-2-3-12-6-8-14(9-7-12)17-16(21)18(11-15(19)20)10-13-4-5-13/h12-14H,2-11H2,1H3,(H,17,21)(H,19,20). The molecule has 2 rings (SSSR count). The summed E-state index contributed by atoms with van der Waals surface area (Å²) >= 11 is 0. The zero-order valence-corrected chi connectivity index (χ0v) is 13.0. The lowest BCUT2D eigenvalue weighted by molar-refractivity contribution is -0.137. The summed E-state index contributed by atoms with van der Waals surface area (Å²) in [5.74, 6) is 0.387. The minimum Gasteiger partial charge on any atom is -0.480 e. The lowest BCUT2D eigenvalue weighted by atomic mass is 9.83. The summed E-state index contributed by atoms with van der Waals surface area (Å²) in [5, 5.41) is 12.0. The first-order chi connectivity index (χ1) is 10.1. The molecule has 0 unspecified atom stereocenters. The van der Waals surface area contributed by atoms with Crippen LogP contribution in [0, 0.1) is 11.8 Å². The van der Waals surface area contributed by atoms with Crippen LogP contribution in [0.15, 0.2) is 0 Å². The van der Waals surface area contributed by atoms with E-state index < -0.39 is 5.97 Å². The van der Waals surface area contributed by atoms with E-state index in [0.29, 0.717) is 12.5 Å². The molecule has 0 aliphatic heterocycles. The van der Waals surface area contributed by atoms with Crippen LogP contribution < -0.4 is 5.32 Å². The predicted molar refractivity (Wildman–Crippen MR) is 81.1 cm³/mol. The van der Waals surface area contributed by atoms with Crippen LogP contribution in [0.25, 0.3) is 0 Å². The topological polar surface area (TPSA) is 69.6 Å². The molecule has 0 aromatic rings. The lowest BCUT2D eigenvalue weighted by Gasteiger charge is -2.31. The molecular formula is C16H28N2O3. The Morgan fingerprint density at radius 2 is 1.71 bits per heavy atom. The van der Waals surface area contributed by atoms with Crippen LogP contribution in [0.4, 0.5) is 4.79 Å². The first-order valence-electron chi connectivity index (χ1n) is 8.35. The number of carboxylic acids is 1. The summed E-state index contributed by atoms with van der Waals surface area (Å²) in [7, 11) is 0. The molecule has 2 N–H and O–H groups in total. The Kier molecular flexibility index (Phi) is 5.88. The van der Waals surface area contributed by atoms with E-state index in [2.05, 4.69) is 12.2 Å². The molecule has 2 fully saturated rings. The Morgan fingerprint density at radius 1 is 1.10 bits per heavy atom. The number of carbonyl (C=O) groups excluding carboxylic acids is 1. The third kappa shape index (κ3) is 5.56. The highest BCUT2D eigenvalue weighted by Gasteiger charge is 2.29. The van der Waals surface area contributed by atoms with E-state index in [1.807, 2.05) is 0 Å². The first-order valence-corrected chi connectivity index (χ1v) is 8.35.